The highest BCUT2D eigenvalue weighted by molar-refractivity contribution is 5.82. The Hall–Kier alpha value is -1.20. The predicted octanol–water partition coefficient (Wildman–Crippen LogP) is -0.0139. The maximum absolute atomic E-state index is 11.1. The van der Waals surface area contributed by atoms with Crippen molar-refractivity contribution in [2.75, 3.05) is 20.1 Å². The molecule has 3 N–H and O–H groups in total. The van der Waals surface area contributed by atoms with Gasteiger partial charge in [0.2, 0.25) is 0 Å². The number of carbonyl (C=O) groups excluding carboxylic acids is 1. The van der Waals surface area contributed by atoms with Crippen LogP contribution in [0.3, 0.4) is 0 Å². The molecule has 1 rings (SSSR count). The number of aromatic amines is 1. The summed E-state index contributed by atoms with van der Waals surface area (Å²) < 4.78 is 0. The molecule has 0 atom stereocenters. The van der Waals surface area contributed by atoms with E-state index in [0.717, 1.165) is 23.5 Å². The van der Waals surface area contributed by atoms with Crippen LogP contribution in [0.25, 0.3) is 0 Å². The van der Waals surface area contributed by atoms with Gasteiger partial charge in [0.1, 0.15) is 0 Å². The molecule has 0 aromatic carbocycles. The van der Waals surface area contributed by atoms with E-state index in [0.29, 0.717) is 6.54 Å². The lowest BCUT2D eigenvalue weighted by atomic mass is 10.2. The maximum atomic E-state index is 11.1. The van der Waals surface area contributed by atoms with Crippen molar-refractivity contribution in [3.8, 4) is 0 Å². The van der Waals surface area contributed by atoms with Crippen LogP contribution in [0.15, 0.2) is 0 Å². The van der Waals surface area contributed by atoms with Gasteiger partial charge >= 0.3 is 0 Å². The summed E-state index contributed by atoms with van der Waals surface area (Å²) in [4.78, 5) is 13.1. The van der Waals surface area contributed by atoms with Gasteiger partial charge in [0.05, 0.1) is 18.8 Å². The van der Waals surface area contributed by atoms with Gasteiger partial charge in [-0.25, -0.2) is 0 Å². The number of ketones is 1. The Morgan fingerprint density at radius 3 is 2.67 bits per heavy atom. The lowest BCUT2D eigenvalue weighted by Gasteiger charge is -2.15. The first-order chi connectivity index (χ1) is 7.04. The summed E-state index contributed by atoms with van der Waals surface area (Å²) in [6, 6.07) is 0. The summed E-state index contributed by atoms with van der Waals surface area (Å²) in [5.74, 6) is 0.0521. The van der Waals surface area contributed by atoms with E-state index in [4.69, 9.17) is 5.73 Å². The number of aromatic nitrogens is 2. The van der Waals surface area contributed by atoms with Gasteiger partial charge in [0, 0.05) is 17.8 Å². The van der Waals surface area contributed by atoms with Crippen molar-refractivity contribution in [2.24, 2.45) is 5.73 Å². The van der Waals surface area contributed by atoms with Crippen molar-refractivity contribution in [3.63, 3.8) is 0 Å². The van der Waals surface area contributed by atoms with Crippen LogP contribution in [0.4, 0.5) is 0 Å². The largest absolute Gasteiger partial charge is 0.324 e. The molecule has 0 radical (unpaired) electrons. The number of nitrogens with zero attached hydrogens (tertiary/aromatic N) is 2. The third-order valence-electron chi connectivity index (χ3n) is 2.38. The second-order valence-electron chi connectivity index (χ2n) is 3.83. The fourth-order valence-corrected chi connectivity index (χ4v) is 1.50. The van der Waals surface area contributed by atoms with Crippen molar-refractivity contribution in [1.82, 2.24) is 15.1 Å². The molecule has 0 aliphatic heterocycles. The Morgan fingerprint density at radius 2 is 2.20 bits per heavy atom. The van der Waals surface area contributed by atoms with Crippen molar-refractivity contribution in [1.29, 1.82) is 0 Å². The van der Waals surface area contributed by atoms with Crippen molar-refractivity contribution in [3.05, 3.63) is 17.0 Å². The van der Waals surface area contributed by atoms with Crippen LogP contribution >= 0.6 is 0 Å². The summed E-state index contributed by atoms with van der Waals surface area (Å²) in [7, 11) is 1.90. The molecule has 0 amide bonds. The fraction of sp³-hybridized carbons (Fsp3) is 0.600. The number of hydrogen-bond acceptors (Lipinski definition) is 4. The first kappa shape index (κ1) is 11.9. The lowest BCUT2D eigenvalue weighted by molar-refractivity contribution is -0.118. The number of aryl methyl sites for hydroxylation is 2. The maximum Gasteiger partial charge on any atom is 0.160 e. The molecule has 15 heavy (non-hydrogen) atoms. The van der Waals surface area contributed by atoms with E-state index < -0.39 is 0 Å². The minimum absolute atomic E-state index is 0.0521. The van der Waals surface area contributed by atoms with Crippen LogP contribution in [0.2, 0.25) is 0 Å². The monoisotopic (exact) mass is 210 g/mol. The van der Waals surface area contributed by atoms with Crippen LogP contribution in [0.5, 0.6) is 0 Å². The van der Waals surface area contributed by atoms with Crippen LogP contribution in [-0.2, 0) is 11.3 Å². The third-order valence-corrected chi connectivity index (χ3v) is 2.38. The molecule has 5 nitrogen and oxygen atoms in total. The Morgan fingerprint density at radius 1 is 1.53 bits per heavy atom. The quantitative estimate of drug-likeness (QED) is 0.716. The van der Waals surface area contributed by atoms with E-state index in [1.165, 1.54) is 0 Å². The molecule has 5 heteroatoms. The highest BCUT2D eigenvalue weighted by Gasteiger charge is 2.10. The molecule has 0 aliphatic rings. The van der Waals surface area contributed by atoms with E-state index in [9.17, 15) is 4.79 Å². The van der Waals surface area contributed by atoms with Crippen molar-refractivity contribution >= 4 is 5.78 Å². The smallest absolute Gasteiger partial charge is 0.160 e. The van der Waals surface area contributed by atoms with Gasteiger partial charge in [-0.05, 0) is 20.9 Å². The third kappa shape index (κ3) is 3.14. The highest BCUT2D eigenvalue weighted by atomic mass is 16.1. The number of carbonyl (C=O) groups is 1. The summed E-state index contributed by atoms with van der Waals surface area (Å²) in [5, 5.41) is 7.03. The van der Waals surface area contributed by atoms with Gasteiger partial charge in [-0.3, -0.25) is 14.8 Å². The van der Waals surface area contributed by atoms with Crippen LogP contribution < -0.4 is 5.73 Å². The number of nitrogens with two attached hydrogens (primary N) is 1. The molecule has 1 heterocycles. The van der Waals surface area contributed by atoms with Gasteiger partial charge in [-0.1, -0.05) is 0 Å². The Kier molecular flexibility index (Phi) is 3.99. The van der Waals surface area contributed by atoms with Crippen molar-refractivity contribution in [2.45, 2.75) is 20.4 Å². The molecule has 0 aliphatic carbocycles. The van der Waals surface area contributed by atoms with Gasteiger partial charge in [-0.15, -0.1) is 0 Å². The zero-order valence-corrected chi connectivity index (χ0v) is 9.50. The zero-order chi connectivity index (χ0) is 11.4. The fourth-order valence-electron chi connectivity index (χ4n) is 1.50. The number of likely N-dealkylation sites (N-methyl/N-ethyl adjacent to an activating group) is 1. The molecule has 1 aromatic rings. The minimum atomic E-state index is 0.0521. The van der Waals surface area contributed by atoms with Gasteiger partial charge in [-0.2, -0.15) is 5.10 Å². The number of rotatable bonds is 5. The summed E-state index contributed by atoms with van der Waals surface area (Å²) >= 11 is 0. The summed E-state index contributed by atoms with van der Waals surface area (Å²) in [5.41, 5.74) is 8.45. The molecular formula is C10H18N4O. The number of Topliss-reactive ketones (excluding diaryl/α,β-unsaturated/α-hetero) is 1. The summed E-state index contributed by atoms with van der Waals surface area (Å²) in [6.07, 6.45) is 0. The van der Waals surface area contributed by atoms with E-state index >= 15 is 0 Å². The molecule has 1 aromatic heterocycles. The number of hydrogen-bond donors (Lipinski definition) is 2. The number of nitrogens with one attached hydrogen (secondary N) is 1. The van der Waals surface area contributed by atoms with E-state index in [-0.39, 0.29) is 12.3 Å². The molecular weight excluding hydrogens is 192 g/mol. The van der Waals surface area contributed by atoms with Crippen LogP contribution in [0.1, 0.15) is 17.0 Å². The van der Waals surface area contributed by atoms with E-state index in [1.807, 2.05) is 25.8 Å². The minimum Gasteiger partial charge on any atom is -0.324 e. The zero-order valence-electron chi connectivity index (χ0n) is 9.50. The first-order valence-corrected chi connectivity index (χ1v) is 4.95. The van der Waals surface area contributed by atoms with E-state index in [2.05, 4.69) is 10.2 Å². The van der Waals surface area contributed by atoms with Gasteiger partial charge in [0.25, 0.3) is 0 Å². The SMILES string of the molecule is Cc1n[nH]c(C)c1CN(C)CC(=O)CN. The molecule has 0 saturated heterocycles. The lowest BCUT2D eigenvalue weighted by Crippen LogP contribution is -2.30. The van der Waals surface area contributed by atoms with Gasteiger partial charge in [0.15, 0.2) is 5.78 Å². The Bertz CT molecular complexity index is 326. The Labute approximate surface area is 89.6 Å². The average Bonchev–Trinajstić information content (AvgIpc) is 2.49. The second-order valence-corrected chi connectivity index (χ2v) is 3.83. The summed E-state index contributed by atoms with van der Waals surface area (Å²) in [6.45, 7) is 5.15. The predicted molar refractivity (Wildman–Crippen MR) is 58.5 cm³/mol. The topological polar surface area (TPSA) is 75.0 Å². The first-order valence-electron chi connectivity index (χ1n) is 4.95. The molecule has 0 spiro atoms. The normalized spacial score (nSPS) is 11.0. The standard InChI is InChI=1S/C10H18N4O/c1-7-10(8(2)13-12-7)6-14(3)5-9(15)4-11/h4-6,11H2,1-3H3,(H,12,13). The number of H-pyrrole nitrogens is 1. The average molecular weight is 210 g/mol. The molecule has 0 fully saturated rings. The molecule has 0 saturated carbocycles. The molecule has 0 bridgehead atoms. The van der Waals surface area contributed by atoms with Crippen LogP contribution in [0, 0.1) is 13.8 Å². The van der Waals surface area contributed by atoms with Crippen molar-refractivity contribution < 1.29 is 4.79 Å². The van der Waals surface area contributed by atoms with E-state index in [1.54, 1.807) is 0 Å². The molecule has 0 unspecified atom stereocenters. The molecule has 84 valence electrons. The van der Waals surface area contributed by atoms with Crippen LogP contribution in [-0.4, -0.2) is 41.0 Å². The second kappa shape index (κ2) is 5.04. The Balaban J connectivity index is 2.58. The highest BCUT2D eigenvalue weighted by Crippen LogP contribution is 2.11. The van der Waals surface area contributed by atoms with Gasteiger partial charge < -0.3 is 5.73 Å².